The largest absolute Gasteiger partial charge is 0.465 e. The summed E-state index contributed by atoms with van der Waals surface area (Å²) in [7, 11) is 0. The van der Waals surface area contributed by atoms with Gasteiger partial charge in [-0.2, -0.15) is 0 Å². The van der Waals surface area contributed by atoms with Crippen LogP contribution in [-0.4, -0.2) is 28.4 Å². The molecule has 0 bridgehead atoms. The summed E-state index contributed by atoms with van der Waals surface area (Å²) in [5, 5.41) is 9.18. The second-order valence-electron chi connectivity index (χ2n) is 4.52. The number of rotatable bonds is 1. The van der Waals surface area contributed by atoms with Gasteiger partial charge in [0.15, 0.2) is 5.78 Å². The maximum atomic E-state index is 12.0. The van der Waals surface area contributed by atoms with Crippen LogP contribution in [0.2, 0.25) is 0 Å². The molecule has 0 aliphatic carbocycles. The van der Waals surface area contributed by atoms with Crippen LogP contribution in [0.4, 0.5) is 4.79 Å². The number of amides is 1. The van der Waals surface area contributed by atoms with Gasteiger partial charge >= 0.3 is 6.09 Å². The molecule has 1 saturated heterocycles. The molecule has 1 aliphatic heterocycles. The molecule has 4 nitrogen and oxygen atoms in total. The summed E-state index contributed by atoms with van der Waals surface area (Å²) in [6.45, 7) is 2.32. The van der Waals surface area contributed by atoms with Crippen LogP contribution in [0.5, 0.6) is 0 Å². The Balaban J connectivity index is 2.35. The van der Waals surface area contributed by atoms with E-state index in [2.05, 4.69) is 0 Å². The number of nitrogens with zero attached hydrogens (tertiary/aromatic N) is 1. The van der Waals surface area contributed by atoms with Gasteiger partial charge in [-0.1, -0.05) is 37.3 Å². The number of likely N-dealkylation sites (tertiary alicyclic amines) is 1. The minimum absolute atomic E-state index is 0.0163. The fraction of sp³-hybridized carbons (Fsp3) is 0.385. The third kappa shape index (κ3) is 2.30. The number of carbonyl (C=O) groups excluding carboxylic acids is 1. The van der Waals surface area contributed by atoms with Gasteiger partial charge < -0.3 is 5.11 Å². The second-order valence-corrected chi connectivity index (χ2v) is 4.52. The van der Waals surface area contributed by atoms with Crippen molar-refractivity contribution in [2.45, 2.75) is 19.4 Å². The van der Waals surface area contributed by atoms with E-state index in [0.29, 0.717) is 13.0 Å². The molecule has 1 aromatic carbocycles. The van der Waals surface area contributed by atoms with E-state index in [9.17, 15) is 14.7 Å². The topological polar surface area (TPSA) is 57.6 Å². The molecule has 17 heavy (non-hydrogen) atoms. The van der Waals surface area contributed by atoms with Crippen molar-refractivity contribution >= 4 is 11.9 Å². The van der Waals surface area contributed by atoms with Crippen LogP contribution in [0.25, 0.3) is 0 Å². The third-order valence-corrected chi connectivity index (χ3v) is 3.04. The molecule has 90 valence electrons. The monoisotopic (exact) mass is 233 g/mol. The summed E-state index contributed by atoms with van der Waals surface area (Å²) in [6.07, 6.45) is -0.581. The predicted molar refractivity (Wildman–Crippen MR) is 62.7 cm³/mol. The highest BCUT2D eigenvalue weighted by Crippen LogP contribution is 2.30. The Morgan fingerprint density at radius 1 is 1.35 bits per heavy atom. The number of hydrogen-bond donors (Lipinski definition) is 1. The van der Waals surface area contributed by atoms with Crippen LogP contribution in [0, 0.1) is 5.92 Å². The van der Waals surface area contributed by atoms with E-state index >= 15 is 0 Å². The minimum Gasteiger partial charge on any atom is -0.465 e. The molecule has 1 N–H and O–H groups in total. The van der Waals surface area contributed by atoms with Crippen LogP contribution in [0.3, 0.4) is 0 Å². The molecule has 2 atom stereocenters. The molecule has 2 unspecified atom stereocenters. The van der Waals surface area contributed by atoms with E-state index in [0.717, 1.165) is 5.56 Å². The van der Waals surface area contributed by atoms with Crippen LogP contribution in [0.15, 0.2) is 30.3 Å². The van der Waals surface area contributed by atoms with E-state index in [4.69, 9.17) is 0 Å². The van der Waals surface area contributed by atoms with E-state index in [1.165, 1.54) is 4.90 Å². The van der Waals surface area contributed by atoms with Crippen molar-refractivity contribution in [2.24, 2.45) is 5.92 Å². The van der Waals surface area contributed by atoms with Crippen molar-refractivity contribution in [3.8, 4) is 0 Å². The molecule has 1 aliphatic rings. The number of piperidine rings is 1. The Hall–Kier alpha value is -1.84. The fourth-order valence-corrected chi connectivity index (χ4v) is 2.32. The minimum atomic E-state index is -1.03. The van der Waals surface area contributed by atoms with Gasteiger partial charge in [-0.3, -0.25) is 9.69 Å². The normalized spacial score (nSPS) is 24.8. The lowest BCUT2D eigenvalue weighted by Crippen LogP contribution is -2.45. The molecule has 4 heteroatoms. The maximum Gasteiger partial charge on any atom is 0.408 e. The zero-order valence-corrected chi connectivity index (χ0v) is 9.67. The zero-order valence-electron chi connectivity index (χ0n) is 9.67. The molecule has 1 aromatic rings. The molecule has 0 saturated carbocycles. The first kappa shape index (κ1) is 11.6. The first-order valence-corrected chi connectivity index (χ1v) is 5.67. The van der Waals surface area contributed by atoms with Gasteiger partial charge in [0, 0.05) is 13.0 Å². The lowest BCUT2D eigenvalue weighted by molar-refractivity contribution is -0.127. The summed E-state index contributed by atoms with van der Waals surface area (Å²) in [5.41, 5.74) is 0.756. The Morgan fingerprint density at radius 2 is 2.00 bits per heavy atom. The highest BCUT2D eigenvalue weighted by Gasteiger charge is 2.36. The van der Waals surface area contributed by atoms with Gasteiger partial charge in [0.1, 0.15) is 6.04 Å². The molecular formula is C13H15NO3. The van der Waals surface area contributed by atoms with Crippen molar-refractivity contribution in [1.82, 2.24) is 4.90 Å². The van der Waals surface area contributed by atoms with Crippen molar-refractivity contribution in [3.63, 3.8) is 0 Å². The maximum absolute atomic E-state index is 12.0. The van der Waals surface area contributed by atoms with E-state index in [-0.39, 0.29) is 11.7 Å². The van der Waals surface area contributed by atoms with Crippen LogP contribution in [-0.2, 0) is 4.79 Å². The number of carboxylic acid groups (broad SMARTS) is 1. The van der Waals surface area contributed by atoms with Crippen molar-refractivity contribution in [2.75, 3.05) is 6.54 Å². The number of benzene rings is 1. The first-order chi connectivity index (χ1) is 8.09. The van der Waals surface area contributed by atoms with Gasteiger partial charge in [-0.25, -0.2) is 4.79 Å². The zero-order chi connectivity index (χ0) is 12.4. The Labute approximate surface area is 99.9 Å². The van der Waals surface area contributed by atoms with E-state index < -0.39 is 12.1 Å². The van der Waals surface area contributed by atoms with E-state index in [1.54, 1.807) is 12.1 Å². The van der Waals surface area contributed by atoms with Gasteiger partial charge in [-0.05, 0) is 11.5 Å². The lowest BCUT2D eigenvalue weighted by atomic mass is 9.89. The quantitative estimate of drug-likeness (QED) is 0.809. The van der Waals surface area contributed by atoms with Gasteiger partial charge in [0.05, 0.1) is 0 Å². The Bertz CT molecular complexity index is 430. The van der Waals surface area contributed by atoms with Crippen LogP contribution >= 0.6 is 0 Å². The Kier molecular flexibility index (Phi) is 3.13. The highest BCUT2D eigenvalue weighted by atomic mass is 16.4. The summed E-state index contributed by atoms with van der Waals surface area (Å²) in [6, 6.07) is 8.46. The van der Waals surface area contributed by atoms with Gasteiger partial charge in [0.2, 0.25) is 0 Å². The summed E-state index contributed by atoms with van der Waals surface area (Å²) < 4.78 is 0. The molecule has 1 amide bonds. The molecular weight excluding hydrogens is 218 g/mol. The molecule has 0 radical (unpaired) electrons. The smallest absolute Gasteiger partial charge is 0.408 e. The molecule has 2 rings (SSSR count). The predicted octanol–water partition coefficient (Wildman–Crippen LogP) is 2.32. The molecule has 1 fully saturated rings. The first-order valence-electron chi connectivity index (χ1n) is 5.67. The second kappa shape index (κ2) is 4.57. The number of carbonyl (C=O) groups is 2. The SMILES string of the molecule is CC1CC(=O)C(c2ccccc2)N(C(=O)O)C1. The molecule has 1 heterocycles. The molecule has 0 aromatic heterocycles. The molecule has 0 spiro atoms. The van der Waals surface area contributed by atoms with Crippen LogP contribution in [0.1, 0.15) is 24.9 Å². The highest BCUT2D eigenvalue weighted by molar-refractivity contribution is 5.89. The number of hydrogen-bond acceptors (Lipinski definition) is 2. The van der Waals surface area contributed by atoms with Crippen LogP contribution < -0.4 is 0 Å². The average molecular weight is 233 g/mol. The third-order valence-electron chi connectivity index (χ3n) is 3.04. The van der Waals surface area contributed by atoms with Gasteiger partial charge in [-0.15, -0.1) is 0 Å². The van der Waals surface area contributed by atoms with Crippen molar-refractivity contribution in [1.29, 1.82) is 0 Å². The summed E-state index contributed by atoms with van der Waals surface area (Å²) in [5.74, 6) is 0.0795. The van der Waals surface area contributed by atoms with Crippen molar-refractivity contribution < 1.29 is 14.7 Å². The summed E-state index contributed by atoms with van der Waals surface area (Å²) >= 11 is 0. The summed E-state index contributed by atoms with van der Waals surface area (Å²) in [4.78, 5) is 24.5. The number of Topliss-reactive ketones (excluding diaryl/α,β-unsaturated/α-hetero) is 1. The Morgan fingerprint density at radius 3 is 2.59 bits per heavy atom. The van der Waals surface area contributed by atoms with Crippen molar-refractivity contribution in [3.05, 3.63) is 35.9 Å². The van der Waals surface area contributed by atoms with Gasteiger partial charge in [0.25, 0.3) is 0 Å². The van der Waals surface area contributed by atoms with E-state index in [1.807, 2.05) is 25.1 Å². The number of ketones is 1. The average Bonchev–Trinajstić information content (AvgIpc) is 2.29. The standard InChI is InChI=1S/C13H15NO3/c1-9-7-11(15)12(14(8-9)13(16)17)10-5-3-2-4-6-10/h2-6,9,12H,7-8H2,1H3,(H,16,17). The lowest BCUT2D eigenvalue weighted by Gasteiger charge is -2.35. The fourth-order valence-electron chi connectivity index (χ4n) is 2.32.